The van der Waals surface area contributed by atoms with Crippen LogP contribution in [-0.4, -0.2) is 12.5 Å². The summed E-state index contributed by atoms with van der Waals surface area (Å²) in [5.41, 5.74) is 0.650. The Hall–Kier alpha value is -2.32. The number of rotatable bonds is 5. The van der Waals surface area contributed by atoms with E-state index in [-0.39, 0.29) is 12.5 Å². The van der Waals surface area contributed by atoms with E-state index in [4.69, 9.17) is 10.00 Å². The number of thiophene rings is 1. The van der Waals surface area contributed by atoms with Gasteiger partial charge in [0, 0.05) is 16.6 Å². The van der Waals surface area contributed by atoms with E-state index >= 15 is 0 Å². The molecule has 0 saturated carbocycles. The first kappa shape index (κ1) is 14.1. The van der Waals surface area contributed by atoms with Crippen LogP contribution in [0.5, 0.6) is 5.75 Å². The Morgan fingerprint density at radius 1 is 1.40 bits per heavy atom. The molecule has 2 aromatic rings. The van der Waals surface area contributed by atoms with E-state index < -0.39 is 0 Å². The van der Waals surface area contributed by atoms with Gasteiger partial charge in [-0.15, -0.1) is 11.3 Å². The molecule has 102 valence electrons. The molecule has 1 heterocycles. The van der Waals surface area contributed by atoms with Crippen LogP contribution in [0.25, 0.3) is 0 Å². The van der Waals surface area contributed by atoms with Crippen LogP contribution >= 0.6 is 11.3 Å². The SMILES string of the molecule is CCc1ccc(C(=O)Nc2cccc(OCC#N)c2)s1. The lowest BCUT2D eigenvalue weighted by Crippen LogP contribution is -2.10. The van der Waals surface area contributed by atoms with Gasteiger partial charge in [-0.2, -0.15) is 5.26 Å². The summed E-state index contributed by atoms with van der Waals surface area (Å²) in [6.45, 7) is 2.05. The Bertz CT molecular complexity index is 643. The number of anilines is 1. The average Bonchev–Trinajstić information content (AvgIpc) is 2.94. The quantitative estimate of drug-likeness (QED) is 0.915. The summed E-state index contributed by atoms with van der Waals surface area (Å²) >= 11 is 1.49. The number of carbonyl (C=O) groups is 1. The molecule has 1 N–H and O–H groups in total. The Labute approximate surface area is 121 Å². The number of carbonyl (C=O) groups excluding carboxylic acids is 1. The van der Waals surface area contributed by atoms with E-state index in [2.05, 4.69) is 12.2 Å². The molecule has 0 saturated heterocycles. The van der Waals surface area contributed by atoms with Gasteiger partial charge in [-0.05, 0) is 30.7 Å². The fourth-order valence-electron chi connectivity index (χ4n) is 1.66. The third-order valence-corrected chi connectivity index (χ3v) is 3.86. The van der Waals surface area contributed by atoms with Crippen molar-refractivity contribution < 1.29 is 9.53 Å². The molecule has 5 heteroatoms. The molecule has 4 nitrogen and oxygen atoms in total. The highest BCUT2D eigenvalue weighted by atomic mass is 32.1. The molecular weight excluding hydrogens is 272 g/mol. The van der Waals surface area contributed by atoms with Gasteiger partial charge < -0.3 is 10.1 Å². The first-order chi connectivity index (χ1) is 9.72. The van der Waals surface area contributed by atoms with Gasteiger partial charge in [0.05, 0.1) is 4.88 Å². The summed E-state index contributed by atoms with van der Waals surface area (Å²) in [4.78, 5) is 13.9. The first-order valence-electron chi connectivity index (χ1n) is 6.23. The van der Waals surface area contributed by atoms with E-state index in [1.165, 1.54) is 16.2 Å². The van der Waals surface area contributed by atoms with Crippen molar-refractivity contribution in [1.82, 2.24) is 0 Å². The second-order valence-electron chi connectivity index (χ2n) is 4.05. The standard InChI is InChI=1S/C15H14N2O2S/c1-2-13-6-7-14(20-13)15(18)17-11-4-3-5-12(10-11)19-9-8-16/h3-7,10H,2,9H2,1H3,(H,17,18). The number of aryl methyl sites for hydroxylation is 1. The maximum atomic E-state index is 12.1. The number of hydrogen-bond acceptors (Lipinski definition) is 4. The summed E-state index contributed by atoms with van der Waals surface area (Å²) in [5.74, 6) is 0.428. The number of hydrogen-bond donors (Lipinski definition) is 1. The van der Waals surface area contributed by atoms with E-state index in [0.29, 0.717) is 16.3 Å². The van der Waals surface area contributed by atoms with Gasteiger partial charge in [0.2, 0.25) is 0 Å². The molecule has 0 radical (unpaired) electrons. The minimum Gasteiger partial charge on any atom is -0.479 e. The highest BCUT2D eigenvalue weighted by Crippen LogP contribution is 2.21. The van der Waals surface area contributed by atoms with E-state index in [0.717, 1.165) is 6.42 Å². The summed E-state index contributed by atoms with van der Waals surface area (Å²) < 4.78 is 5.19. The predicted molar refractivity (Wildman–Crippen MR) is 79.2 cm³/mol. The molecule has 0 spiro atoms. The van der Waals surface area contributed by atoms with Crippen molar-refractivity contribution in [3.63, 3.8) is 0 Å². The van der Waals surface area contributed by atoms with E-state index in [1.54, 1.807) is 24.3 Å². The molecule has 1 aromatic carbocycles. The smallest absolute Gasteiger partial charge is 0.265 e. The van der Waals surface area contributed by atoms with Gasteiger partial charge in [-0.25, -0.2) is 0 Å². The third kappa shape index (κ3) is 3.59. The summed E-state index contributed by atoms with van der Waals surface area (Å²) in [5, 5.41) is 11.3. The number of benzene rings is 1. The van der Waals surface area contributed by atoms with Gasteiger partial charge >= 0.3 is 0 Å². The summed E-state index contributed by atoms with van der Waals surface area (Å²) in [6, 6.07) is 12.7. The third-order valence-electron chi connectivity index (χ3n) is 2.63. The van der Waals surface area contributed by atoms with Crippen LogP contribution in [0, 0.1) is 11.3 Å². The minimum atomic E-state index is -0.132. The zero-order chi connectivity index (χ0) is 14.4. The second-order valence-corrected chi connectivity index (χ2v) is 5.22. The Morgan fingerprint density at radius 3 is 2.95 bits per heavy atom. The molecule has 20 heavy (non-hydrogen) atoms. The van der Waals surface area contributed by atoms with Crippen molar-refractivity contribution in [2.24, 2.45) is 0 Å². The minimum absolute atomic E-state index is 0.0117. The van der Waals surface area contributed by atoms with Crippen LogP contribution in [0.15, 0.2) is 36.4 Å². The Kier molecular flexibility index (Phi) is 4.75. The van der Waals surface area contributed by atoms with Crippen molar-refractivity contribution >= 4 is 22.9 Å². The van der Waals surface area contributed by atoms with Crippen molar-refractivity contribution in [3.05, 3.63) is 46.2 Å². The van der Waals surface area contributed by atoms with Crippen LogP contribution in [-0.2, 0) is 6.42 Å². The van der Waals surface area contributed by atoms with Gasteiger partial charge in [-0.3, -0.25) is 4.79 Å². The average molecular weight is 286 g/mol. The summed E-state index contributed by atoms with van der Waals surface area (Å²) in [7, 11) is 0. The molecule has 1 aromatic heterocycles. The van der Waals surface area contributed by atoms with E-state index in [9.17, 15) is 4.79 Å². The molecule has 0 unspecified atom stereocenters. The van der Waals surface area contributed by atoms with Gasteiger partial charge in [0.1, 0.15) is 11.8 Å². The number of ether oxygens (including phenoxy) is 1. The fourth-order valence-corrected chi connectivity index (χ4v) is 2.50. The largest absolute Gasteiger partial charge is 0.479 e. The predicted octanol–water partition coefficient (Wildman–Crippen LogP) is 3.47. The molecule has 0 bridgehead atoms. The zero-order valence-corrected chi connectivity index (χ0v) is 11.9. The maximum absolute atomic E-state index is 12.1. The van der Waals surface area contributed by atoms with Crippen LogP contribution in [0.2, 0.25) is 0 Å². The molecule has 0 fully saturated rings. The highest BCUT2D eigenvalue weighted by molar-refractivity contribution is 7.14. The van der Waals surface area contributed by atoms with Gasteiger partial charge in [0.15, 0.2) is 6.61 Å². The second kappa shape index (κ2) is 6.73. The fraction of sp³-hybridized carbons (Fsp3) is 0.200. The van der Waals surface area contributed by atoms with Crippen molar-refractivity contribution in [2.75, 3.05) is 11.9 Å². The van der Waals surface area contributed by atoms with Crippen LogP contribution in [0.1, 0.15) is 21.5 Å². The zero-order valence-electron chi connectivity index (χ0n) is 11.1. The highest BCUT2D eigenvalue weighted by Gasteiger charge is 2.09. The lowest BCUT2D eigenvalue weighted by atomic mass is 10.3. The molecule has 0 atom stereocenters. The molecular formula is C15H14N2O2S. The lowest BCUT2D eigenvalue weighted by molar-refractivity contribution is 0.103. The molecule has 0 aliphatic rings. The maximum Gasteiger partial charge on any atom is 0.265 e. The number of amides is 1. The molecule has 0 aliphatic heterocycles. The van der Waals surface area contributed by atoms with Crippen molar-refractivity contribution in [2.45, 2.75) is 13.3 Å². The topological polar surface area (TPSA) is 62.1 Å². The van der Waals surface area contributed by atoms with Crippen LogP contribution in [0.3, 0.4) is 0 Å². The lowest BCUT2D eigenvalue weighted by Gasteiger charge is -2.06. The summed E-state index contributed by atoms with van der Waals surface area (Å²) in [6.07, 6.45) is 0.926. The van der Waals surface area contributed by atoms with Gasteiger partial charge in [0.25, 0.3) is 5.91 Å². The normalized spacial score (nSPS) is 9.80. The molecule has 2 rings (SSSR count). The van der Waals surface area contributed by atoms with Crippen molar-refractivity contribution in [3.8, 4) is 11.8 Å². The number of nitrogens with zero attached hydrogens (tertiary/aromatic N) is 1. The Balaban J connectivity index is 2.05. The van der Waals surface area contributed by atoms with Gasteiger partial charge in [-0.1, -0.05) is 13.0 Å². The molecule has 1 amide bonds. The number of nitrogens with one attached hydrogen (secondary N) is 1. The Morgan fingerprint density at radius 2 is 2.25 bits per heavy atom. The van der Waals surface area contributed by atoms with Crippen LogP contribution in [0.4, 0.5) is 5.69 Å². The first-order valence-corrected chi connectivity index (χ1v) is 7.04. The van der Waals surface area contributed by atoms with E-state index in [1.807, 2.05) is 18.2 Å². The molecule has 0 aliphatic carbocycles. The van der Waals surface area contributed by atoms with Crippen molar-refractivity contribution in [1.29, 1.82) is 5.26 Å². The number of nitriles is 1. The monoisotopic (exact) mass is 286 g/mol. The van der Waals surface area contributed by atoms with Crippen LogP contribution < -0.4 is 10.1 Å².